The van der Waals surface area contributed by atoms with E-state index in [4.69, 9.17) is 0 Å². The van der Waals surface area contributed by atoms with Crippen LogP contribution in [-0.4, -0.2) is 33.1 Å². The molecule has 1 aromatic carbocycles. The summed E-state index contributed by atoms with van der Waals surface area (Å²) in [5, 5.41) is 13.1. The predicted molar refractivity (Wildman–Crippen MR) is 78.2 cm³/mol. The lowest BCUT2D eigenvalue weighted by Crippen LogP contribution is -2.30. The van der Waals surface area contributed by atoms with Gasteiger partial charge in [0.1, 0.15) is 12.2 Å². The number of amides is 2. The van der Waals surface area contributed by atoms with Crippen LogP contribution in [0.3, 0.4) is 0 Å². The number of carbonyl (C=O) groups excluding carboxylic acids is 2. The first-order valence-corrected chi connectivity index (χ1v) is 6.55. The molecule has 1 heterocycles. The number of hydrogen-bond donors (Lipinski definition) is 2. The fraction of sp³-hybridized carbons (Fsp3) is 0.286. The molecule has 2 rings (SSSR count). The summed E-state index contributed by atoms with van der Waals surface area (Å²) in [5.41, 5.74) is 1.14. The standard InChI is InChI=1S/C14H17N5O2/c1-10(20)11-4-3-5-12(8-11)17-14(21)15-7-6-13-18-16-9-19(13)2/h3-5,8-9H,6-7H2,1-2H3,(H2,15,17,21). The van der Waals surface area contributed by atoms with Gasteiger partial charge in [-0.2, -0.15) is 0 Å². The average molecular weight is 287 g/mol. The molecule has 0 spiro atoms. The van der Waals surface area contributed by atoms with Crippen molar-refractivity contribution in [3.8, 4) is 0 Å². The predicted octanol–water partition coefficient (Wildman–Crippen LogP) is 1.38. The molecule has 0 atom stereocenters. The zero-order chi connectivity index (χ0) is 15.2. The number of anilines is 1. The topological polar surface area (TPSA) is 88.9 Å². The first-order chi connectivity index (χ1) is 10.1. The molecule has 0 aliphatic rings. The van der Waals surface area contributed by atoms with E-state index in [0.29, 0.717) is 24.2 Å². The molecule has 0 radical (unpaired) electrons. The minimum atomic E-state index is -0.321. The van der Waals surface area contributed by atoms with E-state index in [2.05, 4.69) is 20.8 Å². The summed E-state index contributed by atoms with van der Waals surface area (Å²) >= 11 is 0. The summed E-state index contributed by atoms with van der Waals surface area (Å²) in [7, 11) is 1.85. The van der Waals surface area contributed by atoms with Crippen LogP contribution in [-0.2, 0) is 13.5 Å². The van der Waals surface area contributed by atoms with Crippen molar-refractivity contribution in [2.75, 3.05) is 11.9 Å². The van der Waals surface area contributed by atoms with Crippen molar-refractivity contribution in [2.45, 2.75) is 13.3 Å². The number of rotatable bonds is 5. The smallest absolute Gasteiger partial charge is 0.319 e. The van der Waals surface area contributed by atoms with Gasteiger partial charge in [-0.3, -0.25) is 4.79 Å². The number of hydrogen-bond acceptors (Lipinski definition) is 4. The quantitative estimate of drug-likeness (QED) is 0.813. The summed E-state index contributed by atoms with van der Waals surface area (Å²) in [6.07, 6.45) is 2.21. The van der Waals surface area contributed by atoms with Gasteiger partial charge < -0.3 is 15.2 Å². The molecule has 0 aliphatic heterocycles. The zero-order valence-electron chi connectivity index (χ0n) is 12.0. The van der Waals surface area contributed by atoms with Gasteiger partial charge in [-0.25, -0.2) is 4.79 Å². The van der Waals surface area contributed by atoms with E-state index in [9.17, 15) is 9.59 Å². The lowest BCUT2D eigenvalue weighted by atomic mass is 10.1. The summed E-state index contributed by atoms with van der Waals surface area (Å²) < 4.78 is 1.80. The van der Waals surface area contributed by atoms with Crippen molar-refractivity contribution < 1.29 is 9.59 Å². The monoisotopic (exact) mass is 287 g/mol. The van der Waals surface area contributed by atoms with E-state index < -0.39 is 0 Å². The molecule has 0 unspecified atom stereocenters. The molecule has 7 heteroatoms. The van der Waals surface area contributed by atoms with Crippen LogP contribution in [0.15, 0.2) is 30.6 Å². The van der Waals surface area contributed by atoms with Gasteiger partial charge in [0.25, 0.3) is 0 Å². The summed E-state index contributed by atoms with van der Waals surface area (Å²) in [4.78, 5) is 23.0. The highest BCUT2D eigenvalue weighted by Crippen LogP contribution is 2.10. The van der Waals surface area contributed by atoms with Crippen molar-refractivity contribution >= 4 is 17.5 Å². The third kappa shape index (κ3) is 4.13. The Bertz CT molecular complexity index is 650. The second-order valence-corrected chi connectivity index (χ2v) is 4.63. The molecular formula is C14H17N5O2. The molecule has 110 valence electrons. The Morgan fingerprint density at radius 2 is 2.14 bits per heavy atom. The van der Waals surface area contributed by atoms with Crippen LogP contribution in [0.2, 0.25) is 0 Å². The fourth-order valence-electron chi connectivity index (χ4n) is 1.81. The maximum absolute atomic E-state index is 11.8. The van der Waals surface area contributed by atoms with Crippen molar-refractivity contribution in [1.29, 1.82) is 0 Å². The number of benzene rings is 1. The van der Waals surface area contributed by atoms with Gasteiger partial charge in [-0.15, -0.1) is 10.2 Å². The SMILES string of the molecule is CC(=O)c1cccc(NC(=O)NCCc2nncn2C)c1. The van der Waals surface area contributed by atoms with E-state index in [1.807, 2.05) is 7.05 Å². The van der Waals surface area contributed by atoms with Crippen LogP contribution in [0.1, 0.15) is 23.1 Å². The first-order valence-electron chi connectivity index (χ1n) is 6.55. The van der Waals surface area contributed by atoms with Crippen LogP contribution in [0.4, 0.5) is 10.5 Å². The van der Waals surface area contributed by atoms with Crippen LogP contribution in [0, 0.1) is 0 Å². The minimum absolute atomic E-state index is 0.0404. The van der Waals surface area contributed by atoms with Gasteiger partial charge in [0.2, 0.25) is 0 Å². The van der Waals surface area contributed by atoms with E-state index in [0.717, 1.165) is 5.82 Å². The average Bonchev–Trinajstić information content (AvgIpc) is 2.85. The number of aryl methyl sites for hydroxylation is 1. The fourth-order valence-corrected chi connectivity index (χ4v) is 1.81. The Hall–Kier alpha value is -2.70. The van der Waals surface area contributed by atoms with Crippen molar-refractivity contribution in [2.24, 2.45) is 7.05 Å². The molecular weight excluding hydrogens is 270 g/mol. The van der Waals surface area contributed by atoms with Crippen molar-refractivity contribution in [3.05, 3.63) is 42.0 Å². The lowest BCUT2D eigenvalue weighted by Gasteiger charge is -2.08. The van der Waals surface area contributed by atoms with Crippen LogP contribution < -0.4 is 10.6 Å². The van der Waals surface area contributed by atoms with Gasteiger partial charge in [-0.05, 0) is 19.1 Å². The summed E-state index contributed by atoms with van der Waals surface area (Å²) in [6.45, 7) is 1.94. The normalized spacial score (nSPS) is 10.2. The number of urea groups is 1. The van der Waals surface area contributed by atoms with Crippen molar-refractivity contribution in [1.82, 2.24) is 20.1 Å². The van der Waals surface area contributed by atoms with Gasteiger partial charge in [-0.1, -0.05) is 12.1 Å². The molecule has 1 aromatic heterocycles. The second-order valence-electron chi connectivity index (χ2n) is 4.63. The number of nitrogens with zero attached hydrogens (tertiary/aromatic N) is 3. The molecule has 2 aromatic rings. The lowest BCUT2D eigenvalue weighted by molar-refractivity contribution is 0.101. The minimum Gasteiger partial charge on any atom is -0.337 e. The number of carbonyl (C=O) groups is 2. The highest BCUT2D eigenvalue weighted by atomic mass is 16.2. The number of Topliss-reactive ketones (excluding diaryl/α,β-unsaturated/α-hetero) is 1. The number of nitrogens with one attached hydrogen (secondary N) is 2. The van der Waals surface area contributed by atoms with E-state index in [1.54, 1.807) is 35.2 Å². The van der Waals surface area contributed by atoms with Crippen molar-refractivity contribution in [3.63, 3.8) is 0 Å². The highest BCUT2D eigenvalue weighted by Gasteiger charge is 2.05. The molecule has 0 bridgehead atoms. The van der Waals surface area contributed by atoms with Gasteiger partial charge in [0.15, 0.2) is 5.78 Å². The maximum Gasteiger partial charge on any atom is 0.319 e. The Balaban J connectivity index is 1.83. The molecule has 2 N–H and O–H groups in total. The van der Waals surface area contributed by atoms with Gasteiger partial charge in [0.05, 0.1) is 0 Å². The molecule has 21 heavy (non-hydrogen) atoms. The molecule has 0 aliphatic carbocycles. The zero-order valence-corrected chi connectivity index (χ0v) is 12.0. The Morgan fingerprint density at radius 1 is 1.33 bits per heavy atom. The van der Waals surface area contributed by atoms with Gasteiger partial charge >= 0.3 is 6.03 Å². The van der Waals surface area contributed by atoms with Gasteiger partial charge in [0, 0.05) is 31.3 Å². The van der Waals surface area contributed by atoms with Crippen LogP contribution in [0.5, 0.6) is 0 Å². The van der Waals surface area contributed by atoms with E-state index in [1.165, 1.54) is 6.92 Å². The van der Waals surface area contributed by atoms with E-state index >= 15 is 0 Å². The Kier molecular flexibility index (Phi) is 4.65. The third-order valence-corrected chi connectivity index (χ3v) is 2.97. The van der Waals surface area contributed by atoms with Crippen LogP contribution in [0.25, 0.3) is 0 Å². The third-order valence-electron chi connectivity index (χ3n) is 2.97. The summed E-state index contributed by atoms with van der Waals surface area (Å²) in [5.74, 6) is 0.759. The largest absolute Gasteiger partial charge is 0.337 e. The Morgan fingerprint density at radius 3 is 2.81 bits per heavy atom. The molecule has 0 saturated heterocycles. The molecule has 0 fully saturated rings. The highest BCUT2D eigenvalue weighted by molar-refractivity contribution is 5.96. The van der Waals surface area contributed by atoms with Crippen LogP contribution >= 0.6 is 0 Å². The number of ketones is 1. The summed E-state index contributed by atoms with van der Waals surface area (Å²) in [6, 6.07) is 6.49. The second kappa shape index (κ2) is 6.65. The first kappa shape index (κ1) is 14.7. The molecule has 2 amide bonds. The van der Waals surface area contributed by atoms with E-state index in [-0.39, 0.29) is 11.8 Å². The molecule has 0 saturated carbocycles. The number of aromatic nitrogens is 3. The Labute approximate surface area is 122 Å². The maximum atomic E-state index is 11.8. The molecule has 7 nitrogen and oxygen atoms in total.